The predicted octanol–water partition coefficient (Wildman–Crippen LogP) is 6.21. The van der Waals surface area contributed by atoms with Crippen molar-refractivity contribution in [3.8, 4) is 22.8 Å². The van der Waals surface area contributed by atoms with Crippen LogP contribution in [0.1, 0.15) is 72.9 Å². The summed E-state index contributed by atoms with van der Waals surface area (Å²) in [6, 6.07) is 15.2. The number of nitrogens with zero attached hydrogens (tertiary/aromatic N) is 3. The lowest BCUT2D eigenvalue weighted by Gasteiger charge is -2.35. The quantitative estimate of drug-likeness (QED) is 0.132. The summed E-state index contributed by atoms with van der Waals surface area (Å²) in [7, 11) is -2.30. The molecule has 3 amide bonds. The van der Waals surface area contributed by atoms with Crippen molar-refractivity contribution in [3.05, 3.63) is 78.3 Å². The second-order valence-corrected chi connectivity index (χ2v) is 20.5. The fraction of sp³-hybridized carbons (Fsp3) is 0.465. The van der Waals surface area contributed by atoms with Crippen LogP contribution in [0, 0.1) is 11.3 Å². The normalized spacial score (nSPS) is 22.5. The number of likely N-dealkylation sites (tertiary alicyclic amines) is 1. The molecule has 4 aromatic rings. The summed E-state index contributed by atoms with van der Waals surface area (Å²) < 4.78 is 40.2. The Morgan fingerprint density at radius 2 is 1.76 bits per heavy atom. The fourth-order valence-electron chi connectivity index (χ4n) is 7.35. The van der Waals surface area contributed by atoms with Gasteiger partial charge in [-0.3, -0.25) is 19.1 Å². The van der Waals surface area contributed by atoms with Crippen molar-refractivity contribution in [1.29, 1.82) is 0 Å². The number of aromatic nitrogens is 2. The molecular formula is C43H52N6O7S2. The van der Waals surface area contributed by atoms with Crippen LogP contribution in [0.15, 0.2) is 72.6 Å². The van der Waals surface area contributed by atoms with Gasteiger partial charge in [-0.15, -0.1) is 17.9 Å². The summed E-state index contributed by atoms with van der Waals surface area (Å²) in [5.74, 6) is -1.09. The van der Waals surface area contributed by atoms with E-state index in [1.165, 1.54) is 16.2 Å². The van der Waals surface area contributed by atoms with Crippen LogP contribution in [-0.4, -0.2) is 83.6 Å². The minimum atomic E-state index is -3.89. The van der Waals surface area contributed by atoms with E-state index in [2.05, 4.69) is 42.7 Å². The largest absolute Gasteiger partial charge is 0.497 e. The number of ether oxygens (including phenoxy) is 2. The molecule has 3 fully saturated rings. The third kappa shape index (κ3) is 8.42. The molecule has 13 nitrogen and oxygen atoms in total. The zero-order valence-electron chi connectivity index (χ0n) is 34.0. The second kappa shape index (κ2) is 15.3. The molecule has 0 bridgehead atoms. The number of benzene rings is 2. The summed E-state index contributed by atoms with van der Waals surface area (Å²) in [4.78, 5) is 54.4. The Hall–Kier alpha value is -5.02. The highest BCUT2D eigenvalue weighted by molar-refractivity contribution is 7.91. The van der Waals surface area contributed by atoms with Crippen molar-refractivity contribution in [2.24, 2.45) is 11.3 Å². The topological polar surface area (TPSA) is 169 Å². The molecule has 1 aliphatic heterocycles. The van der Waals surface area contributed by atoms with Crippen LogP contribution in [0.3, 0.4) is 0 Å². The predicted molar refractivity (Wildman–Crippen MR) is 225 cm³/mol. The van der Waals surface area contributed by atoms with Gasteiger partial charge in [-0.25, -0.2) is 18.4 Å². The Balaban J connectivity index is 1.23. The SMILES string of the molecule is C=C[C@@H]1C[C@]1(NC(=O)[C@@H]1C[C@@H](Oc2cc(-c3ccccc3)nc3cc(OC)ccc23)CN1C(=O)[C@@H](Nc1nc(C(C)(C)C)cs1)C(C)(C)C)C(=O)NS(=O)(=O)C1CC1. The second-order valence-electron chi connectivity index (χ2n) is 17.7. The van der Waals surface area contributed by atoms with E-state index in [9.17, 15) is 22.8 Å². The van der Waals surface area contributed by atoms with Crippen LogP contribution < -0.4 is 24.8 Å². The van der Waals surface area contributed by atoms with Gasteiger partial charge in [-0.1, -0.05) is 78.0 Å². The number of carbonyl (C=O) groups excluding carboxylic acids is 3. The van der Waals surface area contributed by atoms with Gasteiger partial charge >= 0.3 is 0 Å². The Morgan fingerprint density at radius 3 is 2.36 bits per heavy atom. The number of rotatable bonds is 13. The first kappa shape index (κ1) is 41.2. The number of methoxy groups -OCH3 is 1. The third-order valence-electron chi connectivity index (χ3n) is 11.1. The van der Waals surface area contributed by atoms with Crippen molar-refractivity contribution < 1.29 is 32.3 Å². The van der Waals surface area contributed by atoms with E-state index < -0.39 is 62.1 Å². The van der Waals surface area contributed by atoms with Gasteiger partial charge in [0.15, 0.2) is 5.13 Å². The lowest BCUT2D eigenvalue weighted by Crippen LogP contribution is -2.58. The van der Waals surface area contributed by atoms with E-state index in [-0.39, 0.29) is 30.7 Å². The van der Waals surface area contributed by atoms with Gasteiger partial charge in [0.25, 0.3) is 5.91 Å². The molecule has 2 aromatic heterocycles. The average molecular weight is 829 g/mol. The van der Waals surface area contributed by atoms with Gasteiger partial charge in [-0.05, 0) is 36.8 Å². The zero-order valence-corrected chi connectivity index (χ0v) is 35.6. The number of anilines is 1. The first-order chi connectivity index (χ1) is 27.3. The highest BCUT2D eigenvalue weighted by atomic mass is 32.2. The molecule has 2 aromatic carbocycles. The van der Waals surface area contributed by atoms with Crippen molar-refractivity contribution >= 4 is 55.1 Å². The van der Waals surface area contributed by atoms with E-state index in [1.807, 2.05) is 80.7 Å². The van der Waals surface area contributed by atoms with Crippen LogP contribution >= 0.6 is 11.3 Å². The number of sulfonamides is 1. The molecule has 3 N–H and O–H groups in total. The van der Waals surface area contributed by atoms with Crippen molar-refractivity contribution in [2.45, 2.75) is 102 Å². The average Bonchev–Trinajstić information content (AvgIpc) is 4.06. The number of nitrogens with one attached hydrogen (secondary N) is 3. The van der Waals surface area contributed by atoms with Crippen LogP contribution in [-0.2, 0) is 29.8 Å². The molecule has 3 aliphatic rings. The molecule has 3 heterocycles. The Bertz CT molecular complexity index is 2350. The molecule has 58 heavy (non-hydrogen) atoms. The van der Waals surface area contributed by atoms with E-state index in [1.54, 1.807) is 13.2 Å². The Kier molecular flexibility index (Phi) is 10.9. The van der Waals surface area contributed by atoms with Gasteiger partial charge in [0.05, 0.1) is 35.8 Å². The van der Waals surface area contributed by atoms with Crippen LogP contribution in [0.5, 0.6) is 11.5 Å². The van der Waals surface area contributed by atoms with Crippen molar-refractivity contribution in [2.75, 3.05) is 19.0 Å². The summed E-state index contributed by atoms with van der Waals surface area (Å²) in [6.45, 7) is 15.9. The molecular weight excluding hydrogens is 777 g/mol. The molecule has 308 valence electrons. The summed E-state index contributed by atoms with van der Waals surface area (Å²) >= 11 is 1.41. The first-order valence-corrected chi connectivity index (χ1v) is 22.0. The zero-order chi connectivity index (χ0) is 41.8. The molecule has 0 spiro atoms. The third-order valence-corrected chi connectivity index (χ3v) is 13.7. The van der Waals surface area contributed by atoms with Crippen LogP contribution in [0.25, 0.3) is 22.2 Å². The molecule has 0 radical (unpaired) electrons. The Morgan fingerprint density at radius 1 is 1.03 bits per heavy atom. The van der Waals surface area contributed by atoms with Gasteiger partial charge in [0.1, 0.15) is 35.2 Å². The van der Waals surface area contributed by atoms with Crippen LogP contribution in [0.2, 0.25) is 0 Å². The number of amides is 3. The number of pyridine rings is 1. The number of thiazole rings is 1. The first-order valence-electron chi connectivity index (χ1n) is 19.6. The van der Waals surface area contributed by atoms with Gasteiger partial charge < -0.3 is 25.0 Å². The summed E-state index contributed by atoms with van der Waals surface area (Å²) in [6.07, 6.45) is 2.11. The molecule has 15 heteroatoms. The lowest BCUT2D eigenvalue weighted by molar-refractivity contribution is -0.141. The molecule has 1 saturated heterocycles. The number of fused-ring (bicyclic) bond motifs is 1. The van der Waals surface area contributed by atoms with Gasteiger partial charge in [-0.2, -0.15) is 0 Å². The number of carbonyl (C=O) groups is 3. The van der Waals surface area contributed by atoms with E-state index >= 15 is 0 Å². The maximum absolute atomic E-state index is 14.9. The molecule has 5 atom stereocenters. The van der Waals surface area contributed by atoms with Crippen molar-refractivity contribution in [3.63, 3.8) is 0 Å². The molecule has 2 aliphatic carbocycles. The number of hydrogen-bond acceptors (Lipinski definition) is 11. The van der Waals surface area contributed by atoms with E-state index in [0.717, 1.165) is 16.6 Å². The minimum Gasteiger partial charge on any atom is -0.497 e. The summed E-state index contributed by atoms with van der Waals surface area (Å²) in [5.41, 5.74) is 0.729. The monoisotopic (exact) mass is 828 g/mol. The Labute approximate surface area is 344 Å². The van der Waals surface area contributed by atoms with Crippen molar-refractivity contribution in [1.82, 2.24) is 24.9 Å². The maximum atomic E-state index is 14.9. The molecule has 2 saturated carbocycles. The van der Waals surface area contributed by atoms with E-state index in [0.29, 0.717) is 40.7 Å². The summed E-state index contributed by atoms with van der Waals surface area (Å²) in [5, 5.41) is 8.93. The molecule has 0 unspecified atom stereocenters. The fourth-order valence-corrected chi connectivity index (χ4v) is 9.68. The van der Waals surface area contributed by atoms with E-state index in [4.69, 9.17) is 19.4 Å². The standard InChI is InChI=1S/C43H52N6O7S2/c1-9-26-22-43(26,39(52)48-58(53,54)29-16-17-29)47-37(50)33-20-28(23-49(33)38(51)36(42(5,6)7)46-40-45-35(24-57-40)41(2,3)4)56-34-21-31(25-13-11-10-12-14-25)44-32-19-27(55-8)15-18-30(32)34/h9-15,18-19,21,24,26,28-29,33,36H,1,16-17,20,22-23H2,2-8H3,(H,45,46)(H,47,50)(H,48,52)/t26-,28-,33+,36-,43-/m1/s1. The lowest BCUT2D eigenvalue weighted by atomic mass is 9.85. The van der Waals surface area contributed by atoms with Gasteiger partial charge in [0, 0.05) is 46.2 Å². The highest BCUT2D eigenvalue weighted by Gasteiger charge is 2.62. The highest BCUT2D eigenvalue weighted by Crippen LogP contribution is 2.46. The minimum absolute atomic E-state index is 0.0527. The molecule has 7 rings (SSSR count). The smallest absolute Gasteiger partial charge is 0.259 e. The number of hydrogen-bond donors (Lipinski definition) is 3. The van der Waals surface area contributed by atoms with Crippen LogP contribution in [0.4, 0.5) is 5.13 Å². The van der Waals surface area contributed by atoms with Gasteiger partial charge in [0.2, 0.25) is 21.8 Å². The maximum Gasteiger partial charge on any atom is 0.259 e.